The second-order valence-electron chi connectivity index (χ2n) is 3.53. The number of hydrogen-bond donors (Lipinski definition) is 1. The van der Waals surface area contributed by atoms with Gasteiger partial charge in [-0.05, 0) is 13.1 Å². The van der Waals surface area contributed by atoms with Crippen molar-refractivity contribution >= 4 is 34.5 Å². The van der Waals surface area contributed by atoms with Crippen LogP contribution in [0.3, 0.4) is 0 Å². The zero-order valence-corrected chi connectivity index (χ0v) is 11.5. The van der Waals surface area contributed by atoms with E-state index in [0.717, 1.165) is 12.1 Å². The molecule has 6 heteroatoms. The average Bonchev–Trinajstić information content (AvgIpc) is 2.79. The topological polar surface area (TPSA) is 37.8 Å². The highest BCUT2D eigenvalue weighted by Gasteiger charge is 2.16. The average molecular weight is 288 g/mol. The Morgan fingerprint density at radius 2 is 2.24 bits per heavy atom. The van der Waals surface area contributed by atoms with Crippen molar-refractivity contribution in [2.75, 3.05) is 7.05 Å². The molecule has 1 unspecified atom stereocenters. The van der Waals surface area contributed by atoms with Crippen LogP contribution in [0.2, 0.25) is 10.0 Å². The number of thiazole rings is 1. The third kappa shape index (κ3) is 3.16. The summed E-state index contributed by atoms with van der Waals surface area (Å²) in [6, 6.07) is 1.78. The van der Waals surface area contributed by atoms with Crippen LogP contribution < -0.4 is 5.32 Å². The fourth-order valence-electron chi connectivity index (χ4n) is 1.56. The highest BCUT2D eigenvalue weighted by molar-refractivity contribution is 7.09. The molecule has 0 bridgehead atoms. The second-order valence-corrected chi connectivity index (χ2v) is 5.35. The number of likely N-dealkylation sites (N-methyl/N-ethyl adjacent to an activating group) is 1. The van der Waals surface area contributed by atoms with Crippen molar-refractivity contribution in [2.45, 2.75) is 12.5 Å². The van der Waals surface area contributed by atoms with Crippen molar-refractivity contribution in [3.63, 3.8) is 0 Å². The lowest BCUT2D eigenvalue weighted by atomic mass is 10.1. The van der Waals surface area contributed by atoms with E-state index in [4.69, 9.17) is 23.2 Å². The zero-order valence-electron chi connectivity index (χ0n) is 9.15. The molecule has 2 aromatic heterocycles. The van der Waals surface area contributed by atoms with Crippen LogP contribution in [0, 0.1) is 0 Å². The quantitative estimate of drug-likeness (QED) is 0.937. The summed E-state index contributed by atoms with van der Waals surface area (Å²) < 4.78 is 0. The van der Waals surface area contributed by atoms with Crippen LogP contribution in [-0.2, 0) is 6.42 Å². The molecule has 0 aromatic carbocycles. The second kappa shape index (κ2) is 5.78. The van der Waals surface area contributed by atoms with Crippen LogP contribution >= 0.6 is 34.5 Å². The molecule has 2 heterocycles. The molecule has 1 atom stereocenters. The molecule has 0 aliphatic rings. The minimum Gasteiger partial charge on any atom is -0.311 e. The minimum absolute atomic E-state index is 0.0696. The lowest BCUT2D eigenvalue weighted by Gasteiger charge is -2.15. The van der Waals surface area contributed by atoms with Gasteiger partial charge in [-0.1, -0.05) is 23.2 Å². The van der Waals surface area contributed by atoms with E-state index < -0.39 is 0 Å². The van der Waals surface area contributed by atoms with E-state index >= 15 is 0 Å². The number of nitrogens with zero attached hydrogens (tertiary/aromatic N) is 2. The first-order valence-corrected chi connectivity index (χ1v) is 6.70. The summed E-state index contributed by atoms with van der Waals surface area (Å²) in [5, 5.41) is 4.34. The molecular weight excluding hydrogens is 277 g/mol. The summed E-state index contributed by atoms with van der Waals surface area (Å²) in [7, 11) is 1.89. The number of hydrogen-bond acceptors (Lipinski definition) is 4. The van der Waals surface area contributed by atoms with Crippen molar-refractivity contribution < 1.29 is 0 Å². The maximum absolute atomic E-state index is 6.14. The van der Waals surface area contributed by atoms with Gasteiger partial charge < -0.3 is 5.32 Å². The molecule has 1 N–H and O–H groups in total. The van der Waals surface area contributed by atoms with E-state index in [1.54, 1.807) is 23.6 Å². The Morgan fingerprint density at radius 3 is 2.82 bits per heavy atom. The summed E-state index contributed by atoms with van der Waals surface area (Å²) >= 11 is 13.6. The van der Waals surface area contributed by atoms with Crippen LogP contribution in [0.4, 0.5) is 0 Å². The monoisotopic (exact) mass is 287 g/mol. The number of nitrogens with one attached hydrogen (secondary N) is 1. The predicted octanol–water partition coefficient (Wildman–Crippen LogP) is 3.35. The smallest absolute Gasteiger partial charge is 0.0794 e. The van der Waals surface area contributed by atoms with E-state index in [9.17, 15) is 0 Å². The largest absolute Gasteiger partial charge is 0.311 e. The Morgan fingerprint density at radius 1 is 1.41 bits per heavy atom. The van der Waals surface area contributed by atoms with Crippen molar-refractivity contribution in [2.24, 2.45) is 0 Å². The minimum atomic E-state index is 0.0696. The fourth-order valence-corrected chi connectivity index (χ4v) is 2.71. The van der Waals surface area contributed by atoms with Crippen LogP contribution in [0.1, 0.15) is 16.6 Å². The molecule has 3 nitrogen and oxygen atoms in total. The van der Waals surface area contributed by atoms with Crippen molar-refractivity contribution in [1.29, 1.82) is 0 Å². The first-order valence-electron chi connectivity index (χ1n) is 5.06. The van der Waals surface area contributed by atoms with Crippen molar-refractivity contribution in [3.05, 3.63) is 44.6 Å². The predicted molar refractivity (Wildman–Crippen MR) is 71.9 cm³/mol. The molecule has 2 rings (SSSR count). The molecule has 2 aromatic rings. The SMILES string of the molecule is CNC(Cc1cncs1)c1ncc(Cl)cc1Cl. The lowest BCUT2D eigenvalue weighted by Crippen LogP contribution is -2.20. The first kappa shape index (κ1) is 12.8. The van der Waals surface area contributed by atoms with E-state index in [1.165, 1.54) is 4.88 Å². The Labute approximate surface area is 114 Å². The zero-order chi connectivity index (χ0) is 12.3. The Kier molecular flexibility index (Phi) is 4.34. The van der Waals surface area contributed by atoms with Crippen LogP contribution in [0.25, 0.3) is 0 Å². The maximum atomic E-state index is 6.14. The number of pyridine rings is 1. The number of halogens is 2. The molecule has 0 radical (unpaired) electrons. The van der Waals surface area contributed by atoms with Gasteiger partial charge in [-0.15, -0.1) is 11.3 Å². The van der Waals surface area contributed by atoms with E-state index in [1.807, 2.05) is 18.8 Å². The molecule has 0 saturated carbocycles. The molecule has 17 heavy (non-hydrogen) atoms. The third-order valence-electron chi connectivity index (χ3n) is 2.40. The Bertz CT molecular complexity index is 487. The molecule has 0 fully saturated rings. The third-order valence-corrected chi connectivity index (χ3v) is 3.71. The normalized spacial score (nSPS) is 12.6. The molecule has 0 aliphatic heterocycles. The summed E-state index contributed by atoms with van der Waals surface area (Å²) in [6.07, 6.45) is 4.29. The first-order chi connectivity index (χ1) is 8.20. The van der Waals surface area contributed by atoms with Crippen LogP contribution in [0.15, 0.2) is 24.0 Å². The van der Waals surface area contributed by atoms with Gasteiger partial charge in [0.25, 0.3) is 0 Å². The lowest BCUT2D eigenvalue weighted by molar-refractivity contribution is 0.580. The standard InChI is InChI=1S/C11H11Cl2N3S/c1-14-10(3-8-5-15-6-17-8)11-9(13)2-7(12)4-16-11/h2,4-6,10,14H,3H2,1H3. The van der Waals surface area contributed by atoms with Gasteiger partial charge in [0.1, 0.15) is 0 Å². The summed E-state index contributed by atoms with van der Waals surface area (Å²) in [6.45, 7) is 0. The highest BCUT2D eigenvalue weighted by Crippen LogP contribution is 2.26. The van der Waals surface area contributed by atoms with E-state index in [0.29, 0.717) is 10.0 Å². The number of aromatic nitrogens is 2. The summed E-state index contributed by atoms with van der Waals surface area (Å²) in [4.78, 5) is 9.54. The van der Waals surface area contributed by atoms with E-state index in [-0.39, 0.29) is 6.04 Å². The van der Waals surface area contributed by atoms with Gasteiger partial charge in [0.2, 0.25) is 0 Å². The van der Waals surface area contributed by atoms with Crippen molar-refractivity contribution in [3.8, 4) is 0 Å². The molecular formula is C11H11Cl2N3S. The van der Waals surface area contributed by atoms with Gasteiger partial charge in [0.15, 0.2) is 0 Å². The van der Waals surface area contributed by atoms with Crippen LogP contribution in [0.5, 0.6) is 0 Å². The number of rotatable bonds is 4. The summed E-state index contributed by atoms with van der Waals surface area (Å²) in [5.74, 6) is 0. The molecule has 0 saturated heterocycles. The molecule has 0 amide bonds. The fraction of sp³-hybridized carbons (Fsp3) is 0.273. The van der Waals surface area contributed by atoms with Gasteiger partial charge in [0.05, 0.1) is 27.3 Å². The Hall–Kier alpha value is -0.680. The van der Waals surface area contributed by atoms with Gasteiger partial charge in [-0.2, -0.15) is 0 Å². The van der Waals surface area contributed by atoms with Crippen LogP contribution in [-0.4, -0.2) is 17.0 Å². The van der Waals surface area contributed by atoms with Gasteiger partial charge in [-0.3, -0.25) is 9.97 Å². The maximum Gasteiger partial charge on any atom is 0.0794 e. The highest BCUT2D eigenvalue weighted by atomic mass is 35.5. The van der Waals surface area contributed by atoms with Crippen molar-refractivity contribution in [1.82, 2.24) is 15.3 Å². The molecule has 90 valence electrons. The van der Waals surface area contributed by atoms with Gasteiger partial charge >= 0.3 is 0 Å². The van der Waals surface area contributed by atoms with E-state index in [2.05, 4.69) is 15.3 Å². The molecule has 0 spiro atoms. The summed E-state index contributed by atoms with van der Waals surface area (Å²) in [5.41, 5.74) is 2.63. The van der Waals surface area contributed by atoms with Gasteiger partial charge in [0, 0.05) is 23.7 Å². The van der Waals surface area contributed by atoms with Gasteiger partial charge in [-0.25, -0.2) is 0 Å². The Balaban J connectivity index is 2.23. The molecule has 0 aliphatic carbocycles.